The number of aliphatic hydroxyl groups excluding tert-OH is 1. The first-order chi connectivity index (χ1) is 9.99. The number of benzene rings is 1. The molecule has 21 heavy (non-hydrogen) atoms. The number of nitrogens with one attached hydrogen (secondary N) is 1. The lowest BCUT2D eigenvalue weighted by Gasteiger charge is -2.12. The van der Waals surface area contributed by atoms with Crippen molar-refractivity contribution < 1.29 is 23.8 Å². The number of hydrogen-bond donors (Lipinski definition) is 2. The molecule has 0 spiro atoms. The van der Waals surface area contributed by atoms with Gasteiger partial charge < -0.3 is 15.2 Å². The molecule has 1 atom stereocenters. The Balaban J connectivity index is 3.00. The number of esters is 1. The number of aliphatic hydroxyl groups is 1. The summed E-state index contributed by atoms with van der Waals surface area (Å²) in [6.45, 7) is 1.36. The van der Waals surface area contributed by atoms with Gasteiger partial charge in [-0.2, -0.15) is 0 Å². The van der Waals surface area contributed by atoms with Gasteiger partial charge in [0.05, 0.1) is 19.3 Å². The van der Waals surface area contributed by atoms with Gasteiger partial charge in [-0.3, -0.25) is 4.79 Å². The van der Waals surface area contributed by atoms with Crippen LogP contribution in [0.1, 0.15) is 29.3 Å². The van der Waals surface area contributed by atoms with Crippen LogP contribution in [0, 0.1) is 17.7 Å². The van der Waals surface area contributed by atoms with Crippen molar-refractivity contribution >= 4 is 11.9 Å². The first kappa shape index (κ1) is 16.7. The predicted molar refractivity (Wildman–Crippen MR) is 73.9 cm³/mol. The summed E-state index contributed by atoms with van der Waals surface area (Å²) in [6, 6.07) is 2.74. The van der Waals surface area contributed by atoms with Crippen LogP contribution in [0.5, 0.6) is 0 Å². The fraction of sp³-hybridized carbons (Fsp3) is 0.333. The first-order valence-corrected chi connectivity index (χ1v) is 6.27. The van der Waals surface area contributed by atoms with Gasteiger partial charge in [0, 0.05) is 12.0 Å². The van der Waals surface area contributed by atoms with E-state index in [2.05, 4.69) is 21.9 Å². The fourth-order valence-electron chi connectivity index (χ4n) is 1.54. The summed E-state index contributed by atoms with van der Waals surface area (Å²) in [6.07, 6.45) is 0.247. The normalized spacial score (nSPS) is 11.0. The highest BCUT2D eigenvalue weighted by Gasteiger charge is 2.19. The Morgan fingerprint density at radius 1 is 1.48 bits per heavy atom. The SMILES string of the molecule is COC(=O)C(C)NC(=O)c1cc(F)ccc1C#CCCO. The third-order valence-electron chi connectivity index (χ3n) is 2.59. The topological polar surface area (TPSA) is 75.6 Å². The van der Waals surface area contributed by atoms with Crippen molar-refractivity contribution in [3.05, 3.63) is 35.1 Å². The van der Waals surface area contributed by atoms with Crippen LogP contribution in [0.15, 0.2) is 18.2 Å². The Morgan fingerprint density at radius 2 is 2.19 bits per heavy atom. The van der Waals surface area contributed by atoms with Crippen LogP contribution in [-0.4, -0.2) is 36.7 Å². The monoisotopic (exact) mass is 293 g/mol. The Hall–Kier alpha value is -2.39. The molecule has 0 aliphatic heterocycles. The van der Waals surface area contributed by atoms with Crippen LogP contribution in [-0.2, 0) is 9.53 Å². The smallest absolute Gasteiger partial charge is 0.328 e. The molecule has 6 heteroatoms. The number of hydrogen-bond acceptors (Lipinski definition) is 4. The second-order valence-corrected chi connectivity index (χ2v) is 4.18. The molecule has 0 aliphatic carbocycles. The maximum atomic E-state index is 13.3. The summed E-state index contributed by atoms with van der Waals surface area (Å²) in [5, 5.41) is 11.1. The maximum absolute atomic E-state index is 13.3. The standard InChI is InChI=1S/C15H16FNO4/c1-10(15(20)21-2)17-14(19)13-9-12(16)7-6-11(13)5-3-4-8-18/h6-7,9-10,18H,4,8H2,1-2H3,(H,17,19). The Morgan fingerprint density at radius 3 is 2.81 bits per heavy atom. The second-order valence-electron chi connectivity index (χ2n) is 4.18. The summed E-state index contributed by atoms with van der Waals surface area (Å²) in [7, 11) is 1.21. The molecule has 0 saturated carbocycles. The van der Waals surface area contributed by atoms with Gasteiger partial charge in [-0.05, 0) is 25.1 Å². The van der Waals surface area contributed by atoms with Crippen molar-refractivity contribution in [1.29, 1.82) is 0 Å². The zero-order valence-electron chi connectivity index (χ0n) is 11.8. The summed E-state index contributed by atoms with van der Waals surface area (Å²) in [5.74, 6) is 3.53. The number of amides is 1. The van der Waals surface area contributed by atoms with Gasteiger partial charge in [-0.1, -0.05) is 11.8 Å². The van der Waals surface area contributed by atoms with Crippen molar-refractivity contribution in [1.82, 2.24) is 5.32 Å². The van der Waals surface area contributed by atoms with E-state index in [0.717, 1.165) is 6.07 Å². The number of halogens is 1. The van der Waals surface area contributed by atoms with Crippen molar-refractivity contribution in [2.45, 2.75) is 19.4 Å². The Kier molecular flexibility index (Phi) is 6.37. The Labute approximate surface area is 122 Å². The summed E-state index contributed by atoms with van der Waals surface area (Å²) in [4.78, 5) is 23.4. The minimum Gasteiger partial charge on any atom is -0.467 e. The molecule has 2 N–H and O–H groups in total. The van der Waals surface area contributed by atoms with E-state index in [4.69, 9.17) is 5.11 Å². The number of rotatable bonds is 4. The van der Waals surface area contributed by atoms with Crippen molar-refractivity contribution in [2.75, 3.05) is 13.7 Å². The molecular formula is C15H16FNO4. The first-order valence-electron chi connectivity index (χ1n) is 6.27. The molecule has 0 aliphatic rings. The van der Waals surface area contributed by atoms with Gasteiger partial charge in [0.2, 0.25) is 0 Å². The van der Waals surface area contributed by atoms with E-state index in [0.29, 0.717) is 5.56 Å². The lowest BCUT2D eigenvalue weighted by molar-refractivity contribution is -0.142. The average molecular weight is 293 g/mol. The van der Waals surface area contributed by atoms with Gasteiger partial charge >= 0.3 is 5.97 Å². The molecule has 5 nitrogen and oxygen atoms in total. The second kappa shape index (κ2) is 8.02. The van der Waals surface area contributed by atoms with Gasteiger partial charge in [0.1, 0.15) is 11.9 Å². The molecular weight excluding hydrogens is 277 g/mol. The number of carbonyl (C=O) groups excluding carboxylic acids is 2. The largest absolute Gasteiger partial charge is 0.467 e. The summed E-state index contributed by atoms with van der Waals surface area (Å²) in [5.41, 5.74) is 0.343. The average Bonchev–Trinajstić information content (AvgIpc) is 2.47. The van der Waals surface area contributed by atoms with E-state index in [9.17, 15) is 14.0 Å². The van der Waals surface area contributed by atoms with E-state index in [1.807, 2.05) is 0 Å². The molecule has 1 amide bonds. The predicted octanol–water partition coefficient (Wildman–Crippen LogP) is 0.851. The molecule has 0 fully saturated rings. The van der Waals surface area contributed by atoms with Crippen molar-refractivity contribution in [3.63, 3.8) is 0 Å². The molecule has 0 aromatic heterocycles. The molecule has 0 bridgehead atoms. The molecule has 0 saturated heterocycles. The lowest BCUT2D eigenvalue weighted by atomic mass is 10.1. The molecule has 0 heterocycles. The van der Waals surface area contributed by atoms with Gasteiger partial charge in [-0.15, -0.1) is 0 Å². The molecule has 1 rings (SSSR count). The van der Waals surface area contributed by atoms with E-state index in [1.54, 1.807) is 0 Å². The quantitative estimate of drug-likeness (QED) is 0.637. The van der Waals surface area contributed by atoms with Crippen molar-refractivity contribution in [3.8, 4) is 11.8 Å². The van der Waals surface area contributed by atoms with E-state index in [-0.39, 0.29) is 18.6 Å². The van der Waals surface area contributed by atoms with Crippen LogP contribution in [0.4, 0.5) is 4.39 Å². The number of methoxy groups -OCH3 is 1. The highest BCUT2D eigenvalue weighted by Crippen LogP contribution is 2.11. The van der Waals surface area contributed by atoms with Crippen molar-refractivity contribution in [2.24, 2.45) is 0 Å². The zero-order chi connectivity index (χ0) is 15.8. The minimum absolute atomic E-state index is 0.0243. The molecule has 1 aromatic carbocycles. The van der Waals surface area contributed by atoms with Crippen LogP contribution in [0.3, 0.4) is 0 Å². The number of ether oxygens (including phenoxy) is 1. The van der Waals surface area contributed by atoms with Crippen LogP contribution < -0.4 is 5.32 Å². The summed E-state index contributed by atoms with van der Waals surface area (Å²) >= 11 is 0. The van der Waals surface area contributed by atoms with Gasteiger partial charge in [0.15, 0.2) is 0 Å². The van der Waals surface area contributed by atoms with Crippen LogP contribution in [0.2, 0.25) is 0 Å². The zero-order valence-corrected chi connectivity index (χ0v) is 11.8. The van der Waals surface area contributed by atoms with E-state index in [1.165, 1.54) is 26.2 Å². The molecule has 112 valence electrons. The Bertz CT molecular complexity index is 589. The third-order valence-corrected chi connectivity index (χ3v) is 2.59. The molecule has 1 aromatic rings. The highest BCUT2D eigenvalue weighted by molar-refractivity contribution is 5.98. The van der Waals surface area contributed by atoms with Gasteiger partial charge in [-0.25, -0.2) is 9.18 Å². The van der Waals surface area contributed by atoms with E-state index < -0.39 is 23.7 Å². The minimum atomic E-state index is -0.857. The summed E-state index contributed by atoms with van der Waals surface area (Å²) < 4.78 is 17.8. The highest BCUT2D eigenvalue weighted by atomic mass is 19.1. The third kappa shape index (κ3) is 4.89. The van der Waals surface area contributed by atoms with Crippen LogP contribution >= 0.6 is 0 Å². The fourth-order valence-corrected chi connectivity index (χ4v) is 1.54. The molecule has 1 unspecified atom stereocenters. The number of carbonyl (C=O) groups is 2. The lowest BCUT2D eigenvalue weighted by Crippen LogP contribution is -2.39. The van der Waals surface area contributed by atoms with Gasteiger partial charge in [0.25, 0.3) is 5.91 Å². The molecule has 0 radical (unpaired) electrons. The van der Waals surface area contributed by atoms with Crippen LogP contribution in [0.25, 0.3) is 0 Å². The maximum Gasteiger partial charge on any atom is 0.328 e. The van der Waals surface area contributed by atoms with E-state index >= 15 is 0 Å².